The van der Waals surface area contributed by atoms with Crippen molar-refractivity contribution in [3.8, 4) is 5.69 Å². The highest BCUT2D eigenvalue weighted by Crippen LogP contribution is 2.20. The lowest BCUT2D eigenvalue weighted by Crippen LogP contribution is -2.40. The largest absolute Gasteiger partial charge is 0.383 e. The third-order valence-electron chi connectivity index (χ3n) is 5.76. The Bertz CT molecular complexity index is 1390. The van der Waals surface area contributed by atoms with Crippen molar-refractivity contribution in [1.82, 2.24) is 30.4 Å². The van der Waals surface area contributed by atoms with E-state index < -0.39 is 0 Å². The minimum Gasteiger partial charge on any atom is -0.383 e. The molecule has 4 aromatic rings. The molecule has 1 heterocycles. The predicted molar refractivity (Wildman–Crippen MR) is 148 cm³/mol. The molecule has 2 amide bonds. The number of tetrazole rings is 1. The second kappa shape index (κ2) is 12.6. The van der Waals surface area contributed by atoms with E-state index in [2.05, 4.69) is 26.2 Å². The van der Waals surface area contributed by atoms with E-state index in [4.69, 9.17) is 11.6 Å². The summed E-state index contributed by atoms with van der Waals surface area (Å²) in [5, 5.41) is 18.3. The lowest BCUT2D eigenvalue weighted by molar-refractivity contribution is -0.117. The van der Waals surface area contributed by atoms with Crippen LogP contribution in [0.5, 0.6) is 0 Å². The Hall–Kier alpha value is -4.50. The van der Waals surface area contributed by atoms with Crippen molar-refractivity contribution >= 4 is 35.2 Å². The van der Waals surface area contributed by atoms with Gasteiger partial charge in [0.2, 0.25) is 5.91 Å². The fraction of sp³-hybridized carbons (Fsp3) is 0.179. The van der Waals surface area contributed by atoms with Crippen LogP contribution in [0.2, 0.25) is 5.02 Å². The first-order valence-electron chi connectivity index (χ1n) is 12.0. The van der Waals surface area contributed by atoms with Gasteiger partial charge in [-0.05, 0) is 71.0 Å². The molecule has 0 aliphatic rings. The smallest absolute Gasteiger partial charge is 0.253 e. The predicted octanol–water partition coefficient (Wildman–Crippen LogP) is 3.87. The van der Waals surface area contributed by atoms with Crippen LogP contribution >= 0.6 is 11.6 Å². The summed E-state index contributed by atoms with van der Waals surface area (Å²) in [6, 6.07) is 22.3. The average Bonchev–Trinajstić information content (AvgIpc) is 3.46. The number of aromatic nitrogens is 4. The number of amides is 2. The van der Waals surface area contributed by atoms with Crippen LogP contribution < -0.4 is 10.6 Å². The molecule has 10 heteroatoms. The van der Waals surface area contributed by atoms with E-state index in [-0.39, 0.29) is 17.9 Å². The summed E-state index contributed by atoms with van der Waals surface area (Å²) in [6.45, 7) is 0.489. The number of benzene rings is 3. The van der Waals surface area contributed by atoms with Gasteiger partial charge in [0.1, 0.15) is 6.33 Å². The van der Waals surface area contributed by atoms with E-state index in [0.717, 1.165) is 11.3 Å². The maximum atomic E-state index is 12.9. The van der Waals surface area contributed by atoms with Crippen LogP contribution in [-0.2, 0) is 11.2 Å². The Kier molecular flexibility index (Phi) is 8.84. The maximum absolute atomic E-state index is 12.9. The van der Waals surface area contributed by atoms with E-state index in [1.807, 2.05) is 42.5 Å². The number of nitrogens with one attached hydrogen (secondary N) is 2. The summed E-state index contributed by atoms with van der Waals surface area (Å²) in [7, 11) is 3.44. The zero-order valence-electron chi connectivity index (χ0n) is 21.1. The molecule has 0 spiro atoms. The van der Waals surface area contributed by atoms with Crippen LogP contribution in [0.4, 0.5) is 5.69 Å². The molecular weight excluding hydrogens is 502 g/mol. The summed E-state index contributed by atoms with van der Waals surface area (Å²) in [5.74, 6) is -0.303. The third kappa shape index (κ3) is 7.27. The molecule has 0 fully saturated rings. The first-order valence-corrected chi connectivity index (χ1v) is 12.4. The summed E-state index contributed by atoms with van der Waals surface area (Å²) in [6.07, 6.45) is 5.27. The number of nitrogens with zero attached hydrogens (tertiary/aromatic N) is 5. The van der Waals surface area contributed by atoms with Gasteiger partial charge in [-0.15, -0.1) is 5.10 Å². The van der Waals surface area contributed by atoms with Gasteiger partial charge in [0.25, 0.3) is 5.91 Å². The molecule has 3 aromatic carbocycles. The van der Waals surface area contributed by atoms with Gasteiger partial charge >= 0.3 is 0 Å². The second-order valence-corrected chi connectivity index (χ2v) is 9.28. The second-order valence-electron chi connectivity index (χ2n) is 8.84. The Morgan fingerprint density at radius 3 is 2.50 bits per heavy atom. The molecule has 9 nitrogen and oxygen atoms in total. The van der Waals surface area contributed by atoms with Crippen LogP contribution in [0.1, 0.15) is 21.5 Å². The van der Waals surface area contributed by atoms with E-state index in [9.17, 15) is 9.59 Å². The van der Waals surface area contributed by atoms with E-state index in [1.165, 1.54) is 22.0 Å². The van der Waals surface area contributed by atoms with Gasteiger partial charge < -0.3 is 15.5 Å². The molecule has 0 unspecified atom stereocenters. The van der Waals surface area contributed by atoms with Gasteiger partial charge in [-0.2, -0.15) is 4.68 Å². The quantitative estimate of drug-likeness (QED) is 0.302. The summed E-state index contributed by atoms with van der Waals surface area (Å²) < 4.78 is 1.51. The van der Waals surface area contributed by atoms with Crippen molar-refractivity contribution in [2.75, 3.05) is 26.0 Å². The molecule has 0 aliphatic heterocycles. The molecule has 0 saturated heterocycles. The number of anilines is 1. The lowest BCUT2D eigenvalue weighted by Gasteiger charge is -2.20. The van der Waals surface area contributed by atoms with Gasteiger partial charge in [-0.3, -0.25) is 9.59 Å². The first kappa shape index (κ1) is 26.6. The minimum atomic E-state index is -0.248. The lowest BCUT2D eigenvalue weighted by atomic mass is 10.1. The van der Waals surface area contributed by atoms with Crippen molar-refractivity contribution in [2.24, 2.45) is 0 Å². The summed E-state index contributed by atoms with van der Waals surface area (Å²) in [5.41, 5.74) is 3.97. The van der Waals surface area contributed by atoms with Crippen LogP contribution in [0.25, 0.3) is 11.8 Å². The van der Waals surface area contributed by atoms with Crippen LogP contribution in [0, 0.1) is 0 Å². The van der Waals surface area contributed by atoms with Crippen LogP contribution in [-0.4, -0.2) is 63.6 Å². The average molecular weight is 530 g/mol. The van der Waals surface area contributed by atoms with Gasteiger partial charge in [-0.25, -0.2) is 0 Å². The molecule has 0 saturated carbocycles. The number of halogens is 1. The highest BCUT2D eigenvalue weighted by atomic mass is 35.5. The Balaban J connectivity index is 1.45. The first-order chi connectivity index (χ1) is 18.4. The zero-order valence-corrected chi connectivity index (χ0v) is 21.8. The number of carbonyl (C=O) groups is 2. The molecule has 38 heavy (non-hydrogen) atoms. The fourth-order valence-corrected chi connectivity index (χ4v) is 4.04. The molecule has 1 aromatic heterocycles. The van der Waals surface area contributed by atoms with Crippen molar-refractivity contribution in [3.05, 3.63) is 107 Å². The van der Waals surface area contributed by atoms with Crippen molar-refractivity contribution in [3.63, 3.8) is 0 Å². The Labute approximate surface area is 226 Å². The van der Waals surface area contributed by atoms with E-state index >= 15 is 0 Å². The van der Waals surface area contributed by atoms with Crippen molar-refractivity contribution in [2.45, 2.75) is 12.5 Å². The molecule has 4 rings (SSSR count). The SMILES string of the molecule is CN(C)C(=O)c1ccc(NC[C@H](Cc2ccccc2)NC(=O)/C=C/c2cc(Cl)ccc2-n2cnnn2)cc1. The molecule has 194 valence electrons. The number of hydrogen-bond donors (Lipinski definition) is 2. The fourth-order valence-electron chi connectivity index (χ4n) is 3.86. The van der Waals surface area contributed by atoms with Crippen molar-refractivity contribution in [1.29, 1.82) is 0 Å². The Morgan fingerprint density at radius 1 is 1.05 bits per heavy atom. The standard InChI is InChI=1S/C28H28ClN7O2/c1-35(2)28(38)21-8-12-24(13-9-21)30-18-25(16-20-6-4-3-5-7-20)32-27(37)15-10-22-17-23(29)11-14-26(22)36-19-31-33-34-36/h3-15,17,19,25,30H,16,18H2,1-2H3,(H,32,37)/b15-10+/t25-/m0/s1. The maximum Gasteiger partial charge on any atom is 0.253 e. The summed E-state index contributed by atoms with van der Waals surface area (Å²) in [4.78, 5) is 26.6. The van der Waals surface area contributed by atoms with Gasteiger partial charge in [0.15, 0.2) is 0 Å². The number of rotatable bonds is 10. The van der Waals surface area contributed by atoms with Crippen LogP contribution in [0.3, 0.4) is 0 Å². The normalized spacial score (nSPS) is 11.8. The highest BCUT2D eigenvalue weighted by molar-refractivity contribution is 6.30. The number of hydrogen-bond acceptors (Lipinski definition) is 6. The minimum absolute atomic E-state index is 0.0551. The van der Waals surface area contributed by atoms with E-state index in [1.54, 1.807) is 50.5 Å². The van der Waals surface area contributed by atoms with Gasteiger partial charge in [0, 0.05) is 48.6 Å². The third-order valence-corrected chi connectivity index (χ3v) is 6.00. The Morgan fingerprint density at radius 2 is 1.82 bits per heavy atom. The molecule has 0 aliphatic carbocycles. The molecule has 1 atom stereocenters. The molecule has 0 bridgehead atoms. The summed E-state index contributed by atoms with van der Waals surface area (Å²) >= 11 is 6.19. The number of carbonyl (C=O) groups excluding carboxylic acids is 2. The monoisotopic (exact) mass is 529 g/mol. The molecule has 2 N–H and O–H groups in total. The van der Waals surface area contributed by atoms with E-state index in [0.29, 0.717) is 34.8 Å². The van der Waals surface area contributed by atoms with Gasteiger partial charge in [0.05, 0.1) is 11.7 Å². The topological polar surface area (TPSA) is 105 Å². The zero-order chi connectivity index (χ0) is 26.9. The molecular formula is C28H28ClN7O2. The molecule has 0 radical (unpaired) electrons. The van der Waals surface area contributed by atoms with Gasteiger partial charge in [-0.1, -0.05) is 41.9 Å². The highest BCUT2D eigenvalue weighted by Gasteiger charge is 2.13. The van der Waals surface area contributed by atoms with Crippen molar-refractivity contribution < 1.29 is 9.59 Å². The van der Waals surface area contributed by atoms with Crippen LogP contribution in [0.15, 0.2) is 85.2 Å².